The molecule has 4 rings (SSSR count). The number of carbonyl (C=O) groups is 1. The first kappa shape index (κ1) is 31.4. The molecule has 212 valence electrons. The van der Waals surface area contributed by atoms with E-state index in [0.29, 0.717) is 31.4 Å². The van der Waals surface area contributed by atoms with Gasteiger partial charge in [0.05, 0.1) is 18.8 Å². The number of carbonyl (C=O) groups excluding carboxylic acids is 1. The van der Waals surface area contributed by atoms with E-state index in [1.54, 1.807) is 24.2 Å². The Morgan fingerprint density at radius 2 is 1.69 bits per heavy atom. The second kappa shape index (κ2) is 16.2. The lowest BCUT2D eigenvalue weighted by molar-refractivity contribution is -0.118. The largest absolute Gasteiger partial charge is 0.488 e. The van der Waals surface area contributed by atoms with Gasteiger partial charge in [0.15, 0.2) is 11.7 Å². The Morgan fingerprint density at radius 1 is 1.03 bits per heavy atom. The lowest BCUT2D eigenvalue weighted by atomic mass is 10.1. The average molecular weight is 543 g/mol. The molecule has 0 bridgehead atoms. The number of allylic oxidation sites excluding steroid dienone is 1. The number of benzene rings is 2. The van der Waals surface area contributed by atoms with Gasteiger partial charge < -0.3 is 25.1 Å². The molecule has 9 heteroatoms. The minimum Gasteiger partial charge on any atom is -0.488 e. The van der Waals surface area contributed by atoms with Crippen molar-refractivity contribution in [1.29, 1.82) is 0 Å². The molecular weight excluding hydrogens is 502 g/mol. The first-order chi connectivity index (χ1) is 19.0. The van der Waals surface area contributed by atoms with Crippen LogP contribution in [0.25, 0.3) is 0 Å². The maximum atomic E-state index is 13.9. The van der Waals surface area contributed by atoms with Crippen LogP contribution in [0.4, 0.5) is 14.5 Å². The molecule has 0 spiro atoms. The topological polar surface area (TPSA) is 74.9 Å². The Balaban J connectivity index is 0.00000127. The summed E-state index contributed by atoms with van der Waals surface area (Å²) in [5, 5.41) is 7.54. The summed E-state index contributed by atoms with van der Waals surface area (Å²) in [5.74, 6) is -0.522. The smallest absolute Gasteiger partial charge is 0.190 e. The molecule has 0 aliphatic carbocycles. The van der Waals surface area contributed by atoms with Crippen molar-refractivity contribution < 1.29 is 23.0 Å². The first-order valence-electron chi connectivity index (χ1n) is 13.4. The third kappa shape index (κ3) is 8.58. The van der Waals surface area contributed by atoms with E-state index >= 15 is 0 Å². The van der Waals surface area contributed by atoms with Crippen LogP contribution < -0.4 is 16.1 Å². The van der Waals surface area contributed by atoms with Gasteiger partial charge in [-0.05, 0) is 30.7 Å². The normalized spacial score (nSPS) is 16.0. The Morgan fingerprint density at radius 3 is 2.33 bits per heavy atom. The van der Waals surface area contributed by atoms with Gasteiger partial charge >= 0.3 is 0 Å². The third-order valence-corrected chi connectivity index (χ3v) is 5.61. The van der Waals surface area contributed by atoms with Crippen molar-refractivity contribution in [1.82, 2.24) is 15.8 Å². The fourth-order valence-electron chi connectivity index (χ4n) is 3.85. The van der Waals surface area contributed by atoms with Gasteiger partial charge in [0.1, 0.15) is 35.7 Å². The van der Waals surface area contributed by atoms with Crippen molar-refractivity contribution in [2.45, 2.75) is 47.3 Å². The van der Waals surface area contributed by atoms with E-state index in [9.17, 15) is 13.6 Å². The van der Waals surface area contributed by atoms with Crippen LogP contribution in [-0.2, 0) is 20.9 Å². The fourth-order valence-corrected chi connectivity index (χ4v) is 3.85. The van der Waals surface area contributed by atoms with Gasteiger partial charge in [-0.15, -0.1) is 0 Å². The SMILES string of the molecule is CC.CC.CCOC1=CC(OCc2ccccc2)=C(C2=CC(C(=O)CNc3c(F)cccc3F)NN2C)CN1. The molecule has 0 aromatic heterocycles. The maximum absolute atomic E-state index is 13.9. The van der Waals surface area contributed by atoms with Crippen molar-refractivity contribution in [2.24, 2.45) is 0 Å². The number of likely N-dealkylation sites (N-methyl/N-ethyl adjacent to an activating group) is 1. The molecule has 2 aromatic rings. The average Bonchev–Trinajstić information content (AvgIpc) is 3.36. The molecule has 0 saturated heterocycles. The van der Waals surface area contributed by atoms with Gasteiger partial charge in [-0.25, -0.2) is 14.2 Å². The molecule has 0 fully saturated rings. The minimum absolute atomic E-state index is 0.240. The summed E-state index contributed by atoms with van der Waals surface area (Å²) < 4.78 is 39.5. The number of Topliss-reactive ketones (excluding diaryl/α,β-unsaturated/α-hetero) is 1. The molecule has 0 amide bonds. The Hall–Kier alpha value is -3.85. The zero-order valence-electron chi connectivity index (χ0n) is 23.6. The maximum Gasteiger partial charge on any atom is 0.190 e. The number of anilines is 1. The van der Waals surface area contributed by atoms with Crippen LogP contribution in [0.15, 0.2) is 83.6 Å². The number of hydrazine groups is 1. The van der Waals surface area contributed by atoms with E-state index in [0.717, 1.165) is 29.0 Å². The van der Waals surface area contributed by atoms with Gasteiger partial charge in [-0.2, -0.15) is 0 Å². The predicted octanol–water partition coefficient (Wildman–Crippen LogP) is 5.65. The number of nitrogens with zero attached hydrogens (tertiary/aromatic N) is 1. The number of ether oxygens (including phenoxy) is 2. The number of nitrogens with one attached hydrogen (secondary N) is 3. The lowest BCUT2D eigenvalue weighted by Gasteiger charge is -2.26. The summed E-state index contributed by atoms with van der Waals surface area (Å²) in [6, 6.07) is 12.7. The fraction of sp³-hybridized carbons (Fsp3) is 0.367. The summed E-state index contributed by atoms with van der Waals surface area (Å²) in [6.45, 7) is 11.0. The highest BCUT2D eigenvalue weighted by atomic mass is 19.1. The molecule has 39 heavy (non-hydrogen) atoms. The van der Waals surface area contributed by atoms with Crippen LogP contribution in [0.5, 0.6) is 0 Å². The molecule has 1 atom stereocenters. The number of hydrogen-bond acceptors (Lipinski definition) is 7. The second-order valence-corrected chi connectivity index (χ2v) is 8.05. The van der Waals surface area contributed by atoms with Crippen molar-refractivity contribution in [2.75, 3.05) is 32.1 Å². The van der Waals surface area contributed by atoms with Crippen LogP contribution in [0.1, 0.15) is 40.2 Å². The summed E-state index contributed by atoms with van der Waals surface area (Å²) in [4.78, 5) is 12.8. The number of ketones is 1. The number of halogens is 2. The van der Waals surface area contributed by atoms with Crippen molar-refractivity contribution in [3.05, 3.63) is 101 Å². The van der Waals surface area contributed by atoms with Crippen molar-refractivity contribution in [3.63, 3.8) is 0 Å². The second-order valence-electron chi connectivity index (χ2n) is 8.05. The quantitative estimate of drug-likeness (QED) is 0.358. The van der Waals surface area contributed by atoms with Crippen molar-refractivity contribution >= 4 is 11.5 Å². The zero-order chi connectivity index (χ0) is 28.8. The van der Waals surface area contributed by atoms with Crippen LogP contribution in [-0.4, -0.2) is 43.6 Å². The Kier molecular flexibility index (Phi) is 13.0. The third-order valence-electron chi connectivity index (χ3n) is 5.61. The number of para-hydroxylation sites is 1. The Labute approximate surface area is 230 Å². The highest BCUT2D eigenvalue weighted by Crippen LogP contribution is 2.27. The van der Waals surface area contributed by atoms with Gasteiger partial charge in [-0.1, -0.05) is 64.1 Å². The van der Waals surface area contributed by atoms with E-state index in [4.69, 9.17) is 9.47 Å². The minimum atomic E-state index is -0.749. The van der Waals surface area contributed by atoms with E-state index in [1.165, 1.54) is 6.07 Å². The van der Waals surface area contributed by atoms with Gasteiger partial charge in [0.25, 0.3) is 0 Å². The molecular formula is C30H40F2N4O3. The highest BCUT2D eigenvalue weighted by molar-refractivity contribution is 5.90. The van der Waals surface area contributed by atoms with Gasteiger partial charge in [-0.3, -0.25) is 4.79 Å². The molecule has 2 heterocycles. The van der Waals surface area contributed by atoms with Crippen molar-refractivity contribution in [3.8, 4) is 0 Å². The molecule has 2 aliphatic rings. The van der Waals surface area contributed by atoms with E-state index in [-0.39, 0.29) is 18.0 Å². The van der Waals surface area contributed by atoms with Gasteiger partial charge in [0, 0.05) is 25.2 Å². The van der Waals surface area contributed by atoms with Crippen LogP contribution >= 0.6 is 0 Å². The molecule has 3 N–H and O–H groups in total. The molecule has 1 unspecified atom stereocenters. The van der Waals surface area contributed by atoms with Crippen LogP contribution in [0.3, 0.4) is 0 Å². The molecule has 2 aliphatic heterocycles. The van der Waals surface area contributed by atoms with Gasteiger partial charge in [0.2, 0.25) is 0 Å². The monoisotopic (exact) mass is 542 g/mol. The van der Waals surface area contributed by atoms with Crippen LogP contribution in [0, 0.1) is 11.6 Å². The lowest BCUT2D eigenvalue weighted by Crippen LogP contribution is -2.41. The number of rotatable bonds is 10. The summed E-state index contributed by atoms with van der Waals surface area (Å²) in [5.41, 5.74) is 5.41. The molecule has 7 nitrogen and oxygen atoms in total. The van der Waals surface area contributed by atoms with E-state index in [1.807, 2.05) is 65.0 Å². The number of dihydropyridines is 1. The molecule has 2 aromatic carbocycles. The predicted molar refractivity (Wildman–Crippen MR) is 151 cm³/mol. The first-order valence-corrected chi connectivity index (χ1v) is 13.4. The summed E-state index contributed by atoms with van der Waals surface area (Å²) >= 11 is 0. The standard InChI is InChI=1S/C26H28F2N4O3.2C2H6/c1-3-34-25-13-24(35-16-17-8-5-4-6-9-17)18(14-29-25)22-12-21(31-32(22)2)23(33)15-30-26-19(27)10-7-11-20(26)28;2*1-2/h4-13,21,29-31H,3,14-16H2,1-2H3;2*1-2H3. The summed E-state index contributed by atoms with van der Waals surface area (Å²) in [6.07, 6.45) is 3.59. The van der Waals surface area contributed by atoms with E-state index in [2.05, 4.69) is 16.1 Å². The highest BCUT2D eigenvalue weighted by Gasteiger charge is 2.30. The summed E-state index contributed by atoms with van der Waals surface area (Å²) in [7, 11) is 1.80. The van der Waals surface area contributed by atoms with Crippen LogP contribution in [0.2, 0.25) is 0 Å². The Bertz CT molecular complexity index is 1150. The molecule has 0 radical (unpaired) electrons. The van der Waals surface area contributed by atoms with E-state index < -0.39 is 17.7 Å². The molecule has 0 saturated carbocycles. The number of hydrogen-bond donors (Lipinski definition) is 3. The zero-order valence-corrected chi connectivity index (χ0v) is 23.6.